The Labute approximate surface area is 75.5 Å². The Morgan fingerprint density at radius 1 is 1.38 bits per heavy atom. The van der Waals surface area contributed by atoms with Crippen LogP contribution in [0.25, 0.3) is 0 Å². The fourth-order valence-electron chi connectivity index (χ4n) is 1.65. The molecule has 5 nitrogen and oxygen atoms in total. The highest BCUT2D eigenvalue weighted by Crippen LogP contribution is 2.18. The van der Waals surface area contributed by atoms with Gasteiger partial charge in [0.15, 0.2) is 5.82 Å². The number of aromatic amines is 1. The summed E-state index contributed by atoms with van der Waals surface area (Å²) in [5.41, 5.74) is 0. The molecule has 2 N–H and O–H groups in total. The lowest BCUT2D eigenvalue weighted by atomic mass is 10.1. The standard InChI is InChI=1S/C8H13N3O2/c12-8-10-7(11-13-8)6-4-2-1-3-5-9-6/h6,9H,1-5H2,(H,10,11,12). The summed E-state index contributed by atoms with van der Waals surface area (Å²) in [6.45, 7) is 0.986. The van der Waals surface area contributed by atoms with E-state index in [0.717, 1.165) is 13.0 Å². The van der Waals surface area contributed by atoms with Crippen molar-refractivity contribution >= 4 is 0 Å². The molecule has 1 fully saturated rings. The second kappa shape index (κ2) is 3.74. The van der Waals surface area contributed by atoms with E-state index in [1.54, 1.807) is 0 Å². The van der Waals surface area contributed by atoms with Crippen molar-refractivity contribution in [2.45, 2.75) is 31.7 Å². The van der Waals surface area contributed by atoms with Gasteiger partial charge < -0.3 is 5.32 Å². The zero-order chi connectivity index (χ0) is 9.10. The first-order valence-electron chi connectivity index (χ1n) is 4.65. The normalized spacial score (nSPS) is 24.2. The zero-order valence-corrected chi connectivity index (χ0v) is 7.38. The molecule has 0 spiro atoms. The van der Waals surface area contributed by atoms with Crippen LogP contribution in [-0.4, -0.2) is 16.7 Å². The second-order valence-corrected chi connectivity index (χ2v) is 3.34. The minimum Gasteiger partial charge on any atom is -0.307 e. The fraction of sp³-hybridized carbons (Fsp3) is 0.750. The Morgan fingerprint density at radius 2 is 2.31 bits per heavy atom. The molecule has 1 aliphatic rings. The number of aromatic nitrogens is 2. The average molecular weight is 183 g/mol. The maximum Gasteiger partial charge on any atom is 0.438 e. The van der Waals surface area contributed by atoms with Crippen molar-refractivity contribution in [2.24, 2.45) is 0 Å². The van der Waals surface area contributed by atoms with Crippen LogP contribution in [0.3, 0.4) is 0 Å². The molecule has 1 saturated heterocycles. The summed E-state index contributed by atoms with van der Waals surface area (Å²) in [5.74, 6) is 0.160. The lowest BCUT2D eigenvalue weighted by Gasteiger charge is -2.10. The summed E-state index contributed by atoms with van der Waals surface area (Å²) in [6, 6.07) is 0.161. The van der Waals surface area contributed by atoms with E-state index < -0.39 is 5.76 Å². The van der Waals surface area contributed by atoms with Crippen molar-refractivity contribution < 1.29 is 4.52 Å². The van der Waals surface area contributed by atoms with Gasteiger partial charge in [-0.1, -0.05) is 18.0 Å². The molecule has 1 atom stereocenters. The van der Waals surface area contributed by atoms with Gasteiger partial charge in [-0.2, -0.15) is 0 Å². The monoisotopic (exact) mass is 183 g/mol. The van der Waals surface area contributed by atoms with Gasteiger partial charge in [0, 0.05) is 0 Å². The number of hydrogen-bond donors (Lipinski definition) is 2. The number of nitrogens with zero attached hydrogens (tertiary/aromatic N) is 1. The van der Waals surface area contributed by atoms with Crippen molar-refractivity contribution in [1.29, 1.82) is 0 Å². The van der Waals surface area contributed by atoms with Gasteiger partial charge >= 0.3 is 5.76 Å². The van der Waals surface area contributed by atoms with Gasteiger partial charge in [-0.15, -0.1) is 0 Å². The van der Waals surface area contributed by atoms with Gasteiger partial charge in [0.05, 0.1) is 6.04 Å². The van der Waals surface area contributed by atoms with Gasteiger partial charge in [0.25, 0.3) is 0 Å². The van der Waals surface area contributed by atoms with Crippen molar-refractivity contribution in [3.05, 3.63) is 16.4 Å². The SMILES string of the molecule is O=c1[nH]c(C2CCCCCN2)no1. The molecule has 72 valence electrons. The molecular formula is C8H13N3O2. The Balaban J connectivity index is 2.10. The number of nitrogens with one attached hydrogen (secondary N) is 2. The largest absolute Gasteiger partial charge is 0.438 e. The highest BCUT2D eigenvalue weighted by Gasteiger charge is 2.17. The molecule has 2 rings (SSSR count). The third-order valence-electron chi connectivity index (χ3n) is 2.35. The van der Waals surface area contributed by atoms with Crippen molar-refractivity contribution in [1.82, 2.24) is 15.5 Å². The summed E-state index contributed by atoms with van der Waals surface area (Å²) in [7, 11) is 0. The van der Waals surface area contributed by atoms with Crippen LogP contribution in [0.5, 0.6) is 0 Å². The third-order valence-corrected chi connectivity index (χ3v) is 2.35. The molecule has 0 saturated carbocycles. The molecular weight excluding hydrogens is 170 g/mol. The first-order chi connectivity index (χ1) is 6.36. The molecule has 2 heterocycles. The van der Waals surface area contributed by atoms with Gasteiger partial charge in [-0.3, -0.25) is 9.51 Å². The Kier molecular flexibility index (Phi) is 2.44. The van der Waals surface area contributed by atoms with Gasteiger partial charge in [-0.05, 0) is 19.4 Å². The van der Waals surface area contributed by atoms with Crippen molar-refractivity contribution in [2.75, 3.05) is 6.54 Å². The van der Waals surface area contributed by atoms with E-state index >= 15 is 0 Å². The van der Waals surface area contributed by atoms with Crippen molar-refractivity contribution in [3.63, 3.8) is 0 Å². The highest BCUT2D eigenvalue weighted by atomic mass is 16.5. The molecule has 0 amide bonds. The maximum atomic E-state index is 10.7. The topological polar surface area (TPSA) is 70.9 Å². The quantitative estimate of drug-likeness (QED) is 0.667. The van der Waals surface area contributed by atoms with Gasteiger partial charge in [0.1, 0.15) is 0 Å². The van der Waals surface area contributed by atoms with Crippen LogP contribution in [0, 0.1) is 0 Å². The first kappa shape index (κ1) is 8.50. The fourth-order valence-corrected chi connectivity index (χ4v) is 1.65. The van der Waals surface area contributed by atoms with Crippen LogP contribution >= 0.6 is 0 Å². The van der Waals surface area contributed by atoms with Crippen molar-refractivity contribution in [3.8, 4) is 0 Å². The third kappa shape index (κ3) is 1.98. The summed E-state index contributed by atoms with van der Waals surface area (Å²) in [6.07, 6.45) is 4.62. The summed E-state index contributed by atoms with van der Waals surface area (Å²) < 4.78 is 4.46. The molecule has 0 aliphatic carbocycles. The average Bonchev–Trinajstić information content (AvgIpc) is 2.43. The molecule has 1 unspecified atom stereocenters. The highest BCUT2D eigenvalue weighted by molar-refractivity contribution is 4.90. The molecule has 0 aromatic carbocycles. The molecule has 1 aromatic rings. The minimum atomic E-state index is -0.471. The van der Waals surface area contributed by atoms with Crippen LogP contribution in [0.1, 0.15) is 37.5 Å². The van der Waals surface area contributed by atoms with Gasteiger partial charge in [-0.25, -0.2) is 4.79 Å². The van der Waals surface area contributed by atoms with Crippen LogP contribution in [0.4, 0.5) is 0 Å². The van der Waals surface area contributed by atoms with Crippen LogP contribution in [0.2, 0.25) is 0 Å². The van der Waals surface area contributed by atoms with Crippen LogP contribution < -0.4 is 11.1 Å². The summed E-state index contributed by atoms with van der Waals surface area (Å²) in [5, 5.41) is 6.99. The molecule has 0 radical (unpaired) electrons. The number of rotatable bonds is 1. The van der Waals surface area contributed by atoms with E-state index in [-0.39, 0.29) is 6.04 Å². The van der Waals surface area contributed by atoms with Crippen LogP contribution in [0.15, 0.2) is 9.32 Å². The smallest absolute Gasteiger partial charge is 0.307 e. The summed E-state index contributed by atoms with van der Waals surface area (Å²) in [4.78, 5) is 13.3. The number of hydrogen-bond acceptors (Lipinski definition) is 4. The predicted molar refractivity (Wildman–Crippen MR) is 46.3 cm³/mol. The maximum absolute atomic E-state index is 10.7. The lowest BCUT2D eigenvalue weighted by Crippen LogP contribution is -2.21. The minimum absolute atomic E-state index is 0.161. The van der Waals surface area contributed by atoms with E-state index in [1.807, 2.05) is 0 Å². The Morgan fingerprint density at radius 3 is 3.08 bits per heavy atom. The first-order valence-corrected chi connectivity index (χ1v) is 4.65. The Hall–Kier alpha value is -1.10. The summed E-state index contributed by atoms with van der Waals surface area (Å²) >= 11 is 0. The van der Waals surface area contributed by atoms with Gasteiger partial charge in [0.2, 0.25) is 0 Å². The molecule has 0 bridgehead atoms. The van der Waals surface area contributed by atoms with E-state index in [1.165, 1.54) is 19.3 Å². The second-order valence-electron chi connectivity index (χ2n) is 3.34. The van der Waals surface area contributed by atoms with E-state index in [2.05, 4.69) is 20.0 Å². The zero-order valence-electron chi connectivity index (χ0n) is 7.38. The molecule has 1 aliphatic heterocycles. The molecule has 5 heteroatoms. The number of H-pyrrole nitrogens is 1. The van der Waals surface area contributed by atoms with E-state index in [0.29, 0.717) is 5.82 Å². The van der Waals surface area contributed by atoms with E-state index in [4.69, 9.17) is 0 Å². The Bertz CT molecular complexity index is 309. The van der Waals surface area contributed by atoms with E-state index in [9.17, 15) is 4.79 Å². The molecule has 1 aromatic heterocycles. The molecule has 13 heavy (non-hydrogen) atoms. The predicted octanol–water partition coefficient (Wildman–Crippen LogP) is 0.568. The lowest BCUT2D eigenvalue weighted by molar-refractivity contribution is 0.370. The van der Waals surface area contributed by atoms with Crippen LogP contribution in [-0.2, 0) is 0 Å².